The number of nitrogens with zero attached hydrogens (tertiary/aromatic N) is 1. The van der Waals surface area contributed by atoms with Gasteiger partial charge in [0.05, 0.1) is 0 Å². The van der Waals surface area contributed by atoms with E-state index in [0.29, 0.717) is 13.2 Å². The molecule has 0 atom stereocenters. The van der Waals surface area contributed by atoms with Gasteiger partial charge >= 0.3 is 0 Å². The molecule has 0 heterocycles. The van der Waals surface area contributed by atoms with Crippen LogP contribution in [0.2, 0.25) is 0 Å². The summed E-state index contributed by atoms with van der Waals surface area (Å²) in [5.41, 5.74) is 1.17. The van der Waals surface area contributed by atoms with Gasteiger partial charge < -0.3 is 14.4 Å². The summed E-state index contributed by atoms with van der Waals surface area (Å²) >= 11 is 0. The van der Waals surface area contributed by atoms with Crippen molar-refractivity contribution >= 4 is 5.69 Å². The second kappa shape index (κ2) is 9.59. The third-order valence-corrected chi connectivity index (χ3v) is 2.85. The van der Waals surface area contributed by atoms with Gasteiger partial charge in [-0.05, 0) is 38.6 Å². The maximum atomic E-state index is 5.54. The first-order chi connectivity index (χ1) is 9.31. The number of rotatable bonds is 10. The molecule has 1 rings (SSSR count). The molecule has 0 aliphatic rings. The van der Waals surface area contributed by atoms with Gasteiger partial charge in [-0.2, -0.15) is 0 Å². The Balaban J connectivity index is 2.39. The van der Waals surface area contributed by atoms with Crippen LogP contribution >= 0.6 is 0 Å². The summed E-state index contributed by atoms with van der Waals surface area (Å²) in [6, 6.07) is 10.3. The third-order valence-electron chi connectivity index (χ3n) is 2.85. The van der Waals surface area contributed by atoms with Crippen molar-refractivity contribution in [2.45, 2.75) is 33.0 Å². The molecule has 0 radical (unpaired) electrons. The predicted molar refractivity (Wildman–Crippen MR) is 80.3 cm³/mol. The number of hydrogen-bond donors (Lipinski definition) is 0. The van der Waals surface area contributed by atoms with Gasteiger partial charge in [-0.1, -0.05) is 24.8 Å². The SMILES string of the molecule is C=CN(CCCC(OCC)OCC)c1ccccc1. The van der Waals surface area contributed by atoms with Crippen LogP contribution in [-0.4, -0.2) is 26.0 Å². The molecular formula is C16H25NO2. The molecule has 1 aromatic rings. The average Bonchev–Trinajstić information content (AvgIpc) is 2.45. The monoisotopic (exact) mass is 263 g/mol. The van der Waals surface area contributed by atoms with Gasteiger partial charge in [-0.3, -0.25) is 0 Å². The van der Waals surface area contributed by atoms with Crippen molar-refractivity contribution in [3.8, 4) is 0 Å². The summed E-state index contributed by atoms with van der Waals surface area (Å²) in [6.45, 7) is 10.2. The Labute approximate surface area is 116 Å². The highest BCUT2D eigenvalue weighted by molar-refractivity contribution is 5.48. The predicted octanol–water partition coefficient (Wildman–Crippen LogP) is 3.82. The fraction of sp³-hybridized carbons (Fsp3) is 0.500. The zero-order valence-electron chi connectivity index (χ0n) is 12.0. The normalized spacial score (nSPS) is 10.7. The molecule has 0 bridgehead atoms. The number of para-hydroxylation sites is 1. The van der Waals surface area contributed by atoms with Crippen LogP contribution in [0, 0.1) is 0 Å². The Hall–Kier alpha value is -1.32. The van der Waals surface area contributed by atoms with E-state index in [9.17, 15) is 0 Å². The summed E-state index contributed by atoms with van der Waals surface area (Å²) in [5.74, 6) is 0. The molecule has 3 heteroatoms. The van der Waals surface area contributed by atoms with Crippen LogP contribution in [0.4, 0.5) is 5.69 Å². The number of benzene rings is 1. The van der Waals surface area contributed by atoms with Crippen molar-refractivity contribution in [2.24, 2.45) is 0 Å². The minimum atomic E-state index is -0.0857. The Morgan fingerprint density at radius 3 is 2.32 bits per heavy atom. The van der Waals surface area contributed by atoms with E-state index >= 15 is 0 Å². The molecule has 0 amide bonds. The lowest BCUT2D eigenvalue weighted by molar-refractivity contribution is -0.139. The smallest absolute Gasteiger partial charge is 0.157 e. The van der Waals surface area contributed by atoms with E-state index in [1.807, 2.05) is 38.2 Å². The van der Waals surface area contributed by atoms with E-state index in [1.165, 1.54) is 5.69 Å². The van der Waals surface area contributed by atoms with Crippen molar-refractivity contribution in [1.82, 2.24) is 0 Å². The summed E-state index contributed by atoms with van der Waals surface area (Å²) in [4.78, 5) is 2.15. The highest BCUT2D eigenvalue weighted by Crippen LogP contribution is 2.15. The van der Waals surface area contributed by atoms with Gasteiger partial charge in [-0.25, -0.2) is 0 Å². The molecular weight excluding hydrogens is 238 g/mol. The van der Waals surface area contributed by atoms with Crippen LogP contribution in [0.25, 0.3) is 0 Å². The number of ether oxygens (including phenoxy) is 2. The highest BCUT2D eigenvalue weighted by Gasteiger charge is 2.09. The number of anilines is 1. The third kappa shape index (κ3) is 5.90. The maximum absolute atomic E-state index is 5.54. The van der Waals surface area contributed by atoms with Crippen molar-refractivity contribution in [3.63, 3.8) is 0 Å². The molecule has 106 valence electrons. The molecule has 0 aliphatic heterocycles. The lowest BCUT2D eigenvalue weighted by atomic mass is 10.2. The zero-order valence-corrected chi connectivity index (χ0v) is 12.0. The Morgan fingerprint density at radius 1 is 1.16 bits per heavy atom. The highest BCUT2D eigenvalue weighted by atomic mass is 16.7. The minimum absolute atomic E-state index is 0.0857. The molecule has 0 N–H and O–H groups in total. The second-order valence-corrected chi connectivity index (χ2v) is 4.19. The topological polar surface area (TPSA) is 21.7 Å². The minimum Gasteiger partial charge on any atom is -0.353 e. The first kappa shape index (κ1) is 15.7. The van der Waals surface area contributed by atoms with Crippen LogP contribution in [0.5, 0.6) is 0 Å². The van der Waals surface area contributed by atoms with E-state index in [1.54, 1.807) is 0 Å². The average molecular weight is 263 g/mol. The van der Waals surface area contributed by atoms with Crippen LogP contribution in [0.15, 0.2) is 43.1 Å². The van der Waals surface area contributed by atoms with E-state index in [0.717, 1.165) is 19.4 Å². The molecule has 3 nitrogen and oxygen atoms in total. The molecule has 0 unspecified atom stereocenters. The van der Waals surface area contributed by atoms with Crippen molar-refractivity contribution in [3.05, 3.63) is 43.1 Å². The standard InChI is InChI=1S/C16H25NO2/c1-4-17(15-11-8-7-9-12-15)14-10-13-16(18-5-2)19-6-3/h4,7-9,11-12,16H,1,5-6,10,13-14H2,2-3H3. The van der Waals surface area contributed by atoms with Crippen LogP contribution in [0.3, 0.4) is 0 Å². The lowest BCUT2D eigenvalue weighted by Crippen LogP contribution is -2.22. The van der Waals surface area contributed by atoms with Gasteiger partial charge in [0, 0.05) is 31.9 Å². The number of hydrogen-bond acceptors (Lipinski definition) is 3. The zero-order chi connectivity index (χ0) is 13.9. The largest absolute Gasteiger partial charge is 0.353 e. The van der Waals surface area contributed by atoms with E-state index in [2.05, 4.69) is 23.6 Å². The second-order valence-electron chi connectivity index (χ2n) is 4.19. The first-order valence-corrected chi connectivity index (χ1v) is 6.99. The van der Waals surface area contributed by atoms with E-state index < -0.39 is 0 Å². The first-order valence-electron chi connectivity index (χ1n) is 6.99. The quantitative estimate of drug-likeness (QED) is 0.599. The molecule has 0 saturated heterocycles. The molecule has 0 fully saturated rings. The van der Waals surface area contributed by atoms with Gasteiger partial charge in [0.1, 0.15) is 0 Å². The molecule has 19 heavy (non-hydrogen) atoms. The molecule has 0 aromatic heterocycles. The Kier molecular flexibility index (Phi) is 7.94. The van der Waals surface area contributed by atoms with Gasteiger partial charge in [0.2, 0.25) is 0 Å². The van der Waals surface area contributed by atoms with E-state index in [4.69, 9.17) is 9.47 Å². The summed E-state index contributed by atoms with van der Waals surface area (Å²) in [5, 5.41) is 0. The van der Waals surface area contributed by atoms with Crippen molar-refractivity contribution in [2.75, 3.05) is 24.7 Å². The van der Waals surface area contributed by atoms with Gasteiger partial charge in [0.25, 0.3) is 0 Å². The van der Waals surface area contributed by atoms with Crippen LogP contribution < -0.4 is 4.90 Å². The summed E-state index contributed by atoms with van der Waals surface area (Å²) < 4.78 is 11.1. The van der Waals surface area contributed by atoms with E-state index in [-0.39, 0.29) is 6.29 Å². The van der Waals surface area contributed by atoms with Crippen molar-refractivity contribution < 1.29 is 9.47 Å². The maximum Gasteiger partial charge on any atom is 0.157 e. The molecule has 0 aliphatic carbocycles. The fourth-order valence-electron chi connectivity index (χ4n) is 1.96. The fourth-order valence-corrected chi connectivity index (χ4v) is 1.96. The summed E-state index contributed by atoms with van der Waals surface area (Å²) in [7, 11) is 0. The van der Waals surface area contributed by atoms with Crippen molar-refractivity contribution in [1.29, 1.82) is 0 Å². The molecule has 1 aromatic carbocycles. The molecule has 0 spiro atoms. The van der Waals surface area contributed by atoms with Gasteiger partial charge in [-0.15, -0.1) is 0 Å². The lowest BCUT2D eigenvalue weighted by Gasteiger charge is -2.22. The Morgan fingerprint density at radius 2 is 1.79 bits per heavy atom. The Bertz CT molecular complexity index is 334. The molecule has 0 saturated carbocycles. The summed E-state index contributed by atoms with van der Waals surface area (Å²) in [6.07, 6.45) is 3.69. The van der Waals surface area contributed by atoms with Crippen LogP contribution in [0.1, 0.15) is 26.7 Å². The van der Waals surface area contributed by atoms with Gasteiger partial charge in [0.15, 0.2) is 6.29 Å². The van der Waals surface area contributed by atoms with Crippen LogP contribution in [-0.2, 0) is 9.47 Å².